The number of nitro groups is 1. The van der Waals surface area contributed by atoms with Crippen molar-refractivity contribution in [3.8, 4) is 0 Å². The summed E-state index contributed by atoms with van der Waals surface area (Å²) in [5, 5.41) is 11.4. The number of benzene rings is 2. The second-order valence-electron chi connectivity index (χ2n) is 7.95. The molecule has 166 valence electrons. The third-order valence-electron chi connectivity index (χ3n) is 6.08. The van der Waals surface area contributed by atoms with Crippen LogP contribution in [0.1, 0.15) is 30.7 Å². The van der Waals surface area contributed by atoms with Crippen LogP contribution in [-0.2, 0) is 14.8 Å². The van der Waals surface area contributed by atoms with Gasteiger partial charge in [-0.15, -0.1) is 0 Å². The molecule has 1 unspecified atom stereocenters. The highest BCUT2D eigenvalue weighted by Crippen LogP contribution is 2.35. The SMILES string of the molecule is O=[N+]([O-])c1ccc(N2CCCC(c3ccccc3)CC2)c(S(=O)(=O)N2CCOCC2)c1. The highest BCUT2D eigenvalue weighted by Gasteiger charge is 2.32. The van der Waals surface area contributed by atoms with Gasteiger partial charge in [-0.05, 0) is 36.8 Å². The molecule has 0 amide bonds. The molecule has 0 radical (unpaired) electrons. The van der Waals surface area contributed by atoms with Crippen LogP contribution in [0.3, 0.4) is 0 Å². The first kappa shape index (κ1) is 21.7. The average Bonchev–Trinajstić information content (AvgIpc) is 3.06. The first-order chi connectivity index (χ1) is 15.0. The van der Waals surface area contributed by atoms with Crippen molar-refractivity contribution in [3.63, 3.8) is 0 Å². The molecule has 0 aliphatic carbocycles. The lowest BCUT2D eigenvalue weighted by atomic mass is 9.92. The molecular formula is C22H27N3O5S. The molecule has 4 rings (SSSR count). The van der Waals surface area contributed by atoms with E-state index >= 15 is 0 Å². The lowest BCUT2D eigenvalue weighted by Crippen LogP contribution is -2.41. The normalized spacial score (nSPS) is 20.9. The molecule has 2 aliphatic heterocycles. The Morgan fingerprint density at radius 1 is 0.968 bits per heavy atom. The maximum absolute atomic E-state index is 13.4. The standard InChI is InChI=1S/C22H27N3O5S/c26-25(27)20-8-9-21(22(17-20)31(28,29)24-13-15-30-16-14-24)23-11-4-7-19(10-12-23)18-5-2-1-3-6-18/h1-3,5-6,8-9,17,19H,4,7,10-16H2. The number of rotatable bonds is 5. The lowest BCUT2D eigenvalue weighted by molar-refractivity contribution is -0.385. The van der Waals surface area contributed by atoms with Crippen molar-refractivity contribution in [2.24, 2.45) is 0 Å². The molecule has 0 spiro atoms. The molecule has 2 fully saturated rings. The molecule has 0 aromatic heterocycles. The minimum Gasteiger partial charge on any atom is -0.379 e. The fraction of sp³-hybridized carbons (Fsp3) is 0.455. The third kappa shape index (κ3) is 4.73. The molecule has 8 nitrogen and oxygen atoms in total. The van der Waals surface area contributed by atoms with Crippen molar-refractivity contribution < 1.29 is 18.1 Å². The smallest absolute Gasteiger partial charge is 0.270 e. The van der Waals surface area contributed by atoms with Crippen molar-refractivity contribution in [3.05, 3.63) is 64.2 Å². The number of nitrogens with zero attached hydrogens (tertiary/aromatic N) is 3. The van der Waals surface area contributed by atoms with E-state index in [1.807, 2.05) is 18.2 Å². The zero-order valence-corrected chi connectivity index (χ0v) is 18.2. The van der Waals surface area contributed by atoms with Crippen molar-refractivity contribution in [1.29, 1.82) is 0 Å². The topological polar surface area (TPSA) is 93.0 Å². The molecule has 0 bridgehead atoms. The molecule has 2 heterocycles. The summed E-state index contributed by atoms with van der Waals surface area (Å²) in [7, 11) is -3.87. The Kier molecular flexibility index (Phi) is 6.54. The van der Waals surface area contributed by atoms with E-state index in [4.69, 9.17) is 4.74 Å². The van der Waals surface area contributed by atoms with Crippen LogP contribution in [-0.4, -0.2) is 57.0 Å². The second kappa shape index (κ2) is 9.33. The van der Waals surface area contributed by atoms with Gasteiger partial charge in [0.15, 0.2) is 0 Å². The number of hydrogen-bond donors (Lipinski definition) is 0. The molecule has 2 aliphatic rings. The largest absolute Gasteiger partial charge is 0.379 e. The van der Waals surface area contributed by atoms with E-state index in [-0.39, 0.29) is 23.7 Å². The molecule has 2 aromatic carbocycles. The molecule has 9 heteroatoms. The van der Waals surface area contributed by atoms with Crippen molar-refractivity contribution in [1.82, 2.24) is 4.31 Å². The molecular weight excluding hydrogens is 418 g/mol. The summed E-state index contributed by atoms with van der Waals surface area (Å²) in [6, 6.07) is 14.6. The monoisotopic (exact) mass is 445 g/mol. The van der Waals surface area contributed by atoms with Crippen LogP contribution in [0.25, 0.3) is 0 Å². The van der Waals surface area contributed by atoms with Crippen LogP contribution in [0.4, 0.5) is 11.4 Å². The minimum atomic E-state index is -3.87. The Morgan fingerprint density at radius 3 is 2.42 bits per heavy atom. The van der Waals surface area contributed by atoms with Crippen LogP contribution in [0.2, 0.25) is 0 Å². The highest BCUT2D eigenvalue weighted by atomic mass is 32.2. The van der Waals surface area contributed by atoms with Gasteiger partial charge < -0.3 is 9.64 Å². The Balaban J connectivity index is 1.65. The predicted octanol–water partition coefficient (Wildman–Crippen LogP) is 3.39. The maximum atomic E-state index is 13.4. The van der Waals surface area contributed by atoms with E-state index in [9.17, 15) is 18.5 Å². The lowest BCUT2D eigenvalue weighted by Gasteiger charge is -2.30. The van der Waals surface area contributed by atoms with Crippen LogP contribution < -0.4 is 4.90 Å². The van der Waals surface area contributed by atoms with E-state index in [2.05, 4.69) is 17.0 Å². The fourth-order valence-corrected chi connectivity index (χ4v) is 6.05. The maximum Gasteiger partial charge on any atom is 0.270 e. The summed E-state index contributed by atoms with van der Waals surface area (Å²) < 4.78 is 33.5. The van der Waals surface area contributed by atoms with E-state index in [1.54, 1.807) is 6.07 Å². The van der Waals surface area contributed by atoms with E-state index in [0.717, 1.165) is 19.3 Å². The minimum absolute atomic E-state index is 0.0155. The van der Waals surface area contributed by atoms with Gasteiger partial charge in [-0.2, -0.15) is 4.31 Å². The van der Waals surface area contributed by atoms with Crippen LogP contribution in [0, 0.1) is 10.1 Å². The molecule has 2 saturated heterocycles. The Labute approximate surface area is 182 Å². The number of non-ortho nitro benzene ring substituents is 1. The zero-order chi connectivity index (χ0) is 21.8. The number of morpholine rings is 1. The van der Waals surface area contributed by atoms with Crippen molar-refractivity contribution in [2.75, 3.05) is 44.3 Å². The van der Waals surface area contributed by atoms with Gasteiger partial charge in [-0.25, -0.2) is 8.42 Å². The molecule has 1 atom stereocenters. The van der Waals surface area contributed by atoms with Gasteiger partial charge in [0.25, 0.3) is 5.69 Å². The van der Waals surface area contributed by atoms with E-state index < -0.39 is 14.9 Å². The van der Waals surface area contributed by atoms with Crippen molar-refractivity contribution >= 4 is 21.4 Å². The van der Waals surface area contributed by atoms with Gasteiger partial charge in [-0.1, -0.05) is 30.3 Å². The van der Waals surface area contributed by atoms with E-state index in [1.165, 1.54) is 22.0 Å². The fourth-order valence-electron chi connectivity index (χ4n) is 4.41. The molecule has 0 saturated carbocycles. The van der Waals surface area contributed by atoms with Crippen LogP contribution in [0.5, 0.6) is 0 Å². The van der Waals surface area contributed by atoms with Gasteiger partial charge in [0.2, 0.25) is 10.0 Å². The van der Waals surface area contributed by atoms with Gasteiger partial charge >= 0.3 is 0 Å². The Morgan fingerprint density at radius 2 is 1.71 bits per heavy atom. The number of sulfonamides is 1. The quantitative estimate of drug-likeness (QED) is 0.517. The number of nitro benzene ring substituents is 1. The van der Waals surface area contributed by atoms with Crippen LogP contribution in [0.15, 0.2) is 53.4 Å². The number of anilines is 1. The van der Waals surface area contributed by atoms with Gasteiger partial charge in [0, 0.05) is 38.3 Å². The molecule has 2 aromatic rings. The first-order valence-corrected chi connectivity index (χ1v) is 12.1. The van der Waals surface area contributed by atoms with Gasteiger partial charge in [0.1, 0.15) is 4.90 Å². The first-order valence-electron chi connectivity index (χ1n) is 10.6. The Hall–Kier alpha value is -2.49. The van der Waals surface area contributed by atoms with Gasteiger partial charge in [0.05, 0.1) is 23.8 Å². The second-order valence-corrected chi connectivity index (χ2v) is 9.86. The summed E-state index contributed by atoms with van der Waals surface area (Å²) in [5.74, 6) is 0.420. The molecule has 31 heavy (non-hydrogen) atoms. The van der Waals surface area contributed by atoms with Crippen LogP contribution >= 0.6 is 0 Å². The summed E-state index contributed by atoms with van der Waals surface area (Å²) >= 11 is 0. The summed E-state index contributed by atoms with van der Waals surface area (Å²) in [6.07, 6.45) is 2.85. The number of hydrogen-bond acceptors (Lipinski definition) is 6. The zero-order valence-electron chi connectivity index (χ0n) is 17.4. The molecule has 0 N–H and O–H groups in total. The predicted molar refractivity (Wildman–Crippen MR) is 118 cm³/mol. The summed E-state index contributed by atoms with van der Waals surface area (Å²) in [5.41, 5.74) is 1.63. The Bertz CT molecular complexity index is 1020. The number of ether oxygens (including phenoxy) is 1. The van der Waals surface area contributed by atoms with E-state index in [0.29, 0.717) is 37.9 Å². The summed E-state index contributed by atoms with van der Waals surface area (Å²) in [4.78, 5) is 12.9. The summed E-state index contributed by atoms with van der Waals surface area (Å²) in [6.45, 7) is 2.56. The highest BCUT2D eigenvalue weighted by molar-refractivity contribution is 7.89. The van der Waals surface area contributed by atoms with Crippen molar-refractivity contribution in [2.45, 2.75) is 30.1 Å². The van der Waals surface area contributed by atoms with Gasteiger partial charge in [-0.3, -0.25) is 10.1 Å². The third-order valence-corrected chi connectivity index (χ3v) is 8.01. The average molecular weight is 446 g/mol.